The molecule has 70 valence electrons. The third-order valence-electron chi connectivity index (χ3n) is 1.39. The van der Waals surface area contributed by atoms with Crippen LogP contribution in [0.25, 0.3) is 0 Å². The van der Waals surface area contributed by atoms with E-state index in [1.54, 1.807) is 18.2 Å². The zero-order valence-corrected chi connectivity index (χ0v) is 7.88. The van der Waals surface area contributed by atoms with Gasteiger partial charge in [-0.05, 0) is 12.1 Å². The van der Waals surface area contributed by atoms with Crippen molar-refractivity contribution in [2.45, 2.75) is 0 Å². The van der Waals surface area contributed by atoms with Crippen LogP contribution in [0.1, 0.15) is 0 Å². The van der Waals surface area contributed by atoms with Crippen LogP contribution in [0.5, 0.6) is 5.75 Å². The second kappa shape index (κ2) is 4.00. The first kappa shape index (κ1) is 9.67. The predicted molar refractivity (Wildman–Crippen MR) is 53.5 cm³/mol. The van der Waals surface area contributed by atoms with E-state index in [4.69, 9.17) is 27.8 Å². The number of methoxy groups -OCH3 is 1. The normalized spacial score (nSPS) is 9.38. The molecule has 0 aromatic heterocycles. The van der Waals surface area contributed by atoms with Crippen molar-refractivity contribution in [3.63, 3.8) is 0 Å². The molecule has 0 fully saturated rings. The van der Waals surface area contributed by atoms with Crippen molar-refractivity contribution < 1.29 is 4.74 Å². The standard InChI is InChI=1S/C8H10ClN3O/c1-13-7-4-5(12-8(10)11)2-3-6(7)9/h2-4H,1H3,(H4,10,11,12). The Bertz CT molecular complexity index is 334. The average molecular weight is 200 g/mol. The van der Waals surface area contributed by atoms with E-state index in [1.807, 2.05) is 0 Å². The molecule has 4 N–H and O–H groups in total. The minimum atomic E-state index is 0.00405. The van der Waals surface area contributed by atoms with Crippen LogP contribution < -0.4 is 16.2 Å². The quantitative estimate of drug-likeness (QED) is 0.556. The van der Waals surface area contributed by atoms with Crippen molar-refractivity contribution in [1.29, 1.82) is 0 Å². The number of nitrogens with two attached hydrogens (primary N) is 2. The number of nitrogens with zero attached hydrogens (tertiary/aromatic N) is 1. The van der Waals surface area contributed by atoms with Gasteiger partial charge in [-0.1, -0.05) is 11.6 Å². The van der Waals surface area contributed by atoms with Crippen molar-refractivity contribution in [3.05, 3.63) is 23.2 Å². The van der Waals surface area contributed by atoms with Crippen LogP contribution in [-0.4, -0.2) is 13.1 Å². The molecule has 1 aromatic carbocycles. The minimum absolute atomic E-state index is 0.00405. The lowest BCUT2D eigenvalue weighted by Crippen LogP contribution is -2.21. The van der Waals surface area contributed by atoms with Crippen LogP contribution >= 0.6 is 11.6 Å². The zero-order chi connectivity index (χ0) is 9.84. The first-order valence-corrected chi connectivity index (χ1v) is 3.94. The largest absolute Gasteiger partial charge is 0.495 e. The van der Waals surface area contributed by atoms with Crippen molar-refractivity contribution in [2.24, 2.45) is 16.5 Å². The Morgan fingerprint density at radius 2 is 2.15 bits per heavy atom. The fourth-order valence-corrected chi connectivity index (χ4v) is 1.06. The molecule has 1 rings (SSSR count). The second-order valence-electron chi connectivity index (χ2n) is 2.36. The van der Waals surface area contributed by atoms with Crippen LogP contribution in [-0.2, 0) is 0 Å². The molecule has 0 amide bonds. The van der Waals surface area contributed by atoms with Crippen LogP contribution in [0.2, 0.25) is 5.02 Å². The van der Waals surface area contributed by atoms with Gasteiger partial charge in [-0.2, -0.15) is 0 Å². The van der Waals surface area contributed by atoms with Gasteiger partial charge in [0.2, 0.25) is 0 Å². The van der Waals surface area contributed by atoms with Gasteiger partial charge in [-0.15, -0.1) is 0 Å². The molecular weight excluding hydrogens is 190 g/mol. The van der Waals surface area contributed by atoms with Gasteiger partial charge >= 0.3 is 0 Å². The molecule has 0 unspecified atom stereocenters. The van der Waals surface area contributed by atoms with Crippen LogP contribution in [0.15, 0.2) is 23.2 Å². The monoisotopic (exact) mass is 199 g/mol. The Morgan fingerprint density at radius 1 is 1.46 bits per heavy atom. The van der Waals surface area contributed by atoms with E-state index >= 15 is 0 Å². The number of hydrogen-bond donors (Lipinski definition) is 2. The van der Waals surface area contributed by atoms with E-state index in [1.165, 1.54) is 7.11 Å². The highest BCUT2D eigenvalue weighted by Crippen LogP contribution is 2.28. The summed E-state index contributed by atoms with van der Waals surface area (Å²) in [5.41, 5.74) is 11.0. The molecule has 13 heavy (non-hydrogen) atoms. The fraction of sp³-hybridized carbons (Fsp3) is 0.125. The lowest BCUT2D eigenvalue weighted by molar-refractivity contribution is 0.415. The smallest absolute Gasteiger partial charge is 0.191 e. The van der Waals surface area contributed by atoms with Gasteiger partial charge in [-0.3, -0.25) is 0 Å². The summed E-state index contributed by atoms with van der Waals surface area (Å²) >= 11 is 5.80. The van der Waals surface area contributed by atoms with Crippen LogP contribution in [0, 0.1) is 0 Å². The summed E-state index contributed by atoms with van der Waals surface area (Å²) < 4.78 is 4.98. The fourth-order valence-electron chi connectivity index (χ4n) is 0.867. The summed E-state index contributed by atoms with van der Waals surface area (Å²) in [6.45, 7) is 0. The van der Waals surface area contributed by atoms with Crippen molar-refractivity contribution in [3.8, 4) is 5.75 Å². The van der Waals surface area contributed by atoms with Crippen LogP contribution in [0.4, 0.5) is 5.69 Å². The third kappa shape index (κ3) is 2.52. The maximum atomic E-state index is 5.80. The average Bonchev–Trinajstić information content (AvgIpc) is 2.07. The summed E-state index contributed by atoms with van der Waals surface area (Å²) in [6.07, 6.45) is 0. The molecule has 0 aliphatic carbocycles. The topological polar surface area (TPSA) is 73.6 Å². The molecule has 0 saturated carbocycles. The molecule has 0 radical (unpaired) electrons. The Balaban J connectivity index is 3.06. The predicted octanol–water partition coefficient (Wildman–Crippen LogP) is 1.25. The number of rotatable bonds is 2. The lowest BCUT2D eigenvalue weighted by atomic mass is 10.3. The number of guanidine groups is 1. The number of ether oxygens (including phenoxy) is 1. The molecule has 1 aromatic rings. The molecule has 0 aliphatic heterocycles. The van der Waals surface area contributed by atoms with Crippen LogP contribution in [0.3, 0.4) is 0 Å². The van der Waals surface area contributed by atoms with Crippen molar-refractivity contribution >= 4 is 23.2 Å². The minimum Gasteiger partial charge on any atom is -0.495 e. The lowest BCUT2D eigenvalue weighted by Gasteiger charge is -2.03. The van der Waals surface area contributed by atoms with Gasteiger partial charge in [0.05, 0.1) is 17.8 Å². The Morgan fingerprint density at radius 3 is 2.69 bits per heavy atom. The van der Waals surface area contributed by atoms with E-state index in [0.717, 1.165) is 0 Å². The van der Waals surface area contributed by atoms with Crippen molar-refractivity contribution in [1.82, 2.24) is 0 Å². The van der Waals surface area contributed by atoms with E-state index in [9.17, 15) is 0 Å². The SMILES string of the molecule is COc1cc(N=C(N)N)ccc1Cl. The zero-order valence-electron chi connectivity index (χ0n) is 7.12. The number of benzene rings is 1. The molecule has 0 bridgehead atoms. The number of hydrogen-bond acceptors (Lipinski definition) is 2. The molecule has 0 saturated heterocycles. The van der Waals surface area contributed by atoms with E-state index in [-0.39, 0.29) is 5.96 Å². The van der Waals surface area contributed by atoms with E-state index in [0.29, 0.717) is 16.5 Å². The number of halogens is 1. The highest BCUT2D eigenvalue weighted by Gasteiger charge is 2.00. The maximum absolute atomic E-state index is 5.80. The Labute approximate surface area is 81.2 Å². The number of aliphatic imine (C=N–C) groups is 1. The Kier molecular flexibility index (Phi) is 2.97. The summed E-state index contributed by atoms with van der Waals surface area (Å²) in [7, 11) is 1.53. The molecule has 5 heteroatoms. The molecular formula is C8H10ClN3O. The maximum Gasteiger partial charge on any atom is 0.191 e. The summed E-state index contributed by atoms with van der Waals surface area (Å²) in [6, 6.07) is 5.02. The van der Waals surface area contributed by atoms with Gasteiger partial charge in [-0.25, -0.2) is 4.99 Å². The highest BCUT2D eigenvalue weighted by molar-refractivity contribution is 6.32. The molecule has 4 nitrogen and oxygen atoms in total. The van der Waals surface area contributed by atoms with Gasteiger partial charge in [0.15, 0.2) is 5.96 Å². The van der Waals surface area contributed by atoms with Gasteiger partial charge in [0, 0.05) is 6.07 Å². The molecule has 0 heterocycles. The molecule has 0 aliphatic rings. The van der Waals surface area contributed by atoms with E-state index in [2.05, 4.69) is 4.99 Å². The third-order valence-corrected chi connectivity index (χ3v) is 1.71. The summed E-state index contributed by atoms with van der Waals surface area (Å²) in [5.74, 6) is 0.550. The first-order valence-electron chi connectivity index (χ1n) is 3.56. The summed E-state index contributed by atoms with van der Waals surface area (Å²) in [5, 5.41) is 0.525. The van der Waals surface area contributed by atoms with Gasteiger partial charge in [0.25, 0.3) is 0 Å². The molecule has 0 spiro atoms. The Hall–Kier alpha value is -1.42. The van der Waals surface area contributed by atoms with Gasteiger partial charge in [0.1, 0.15) is 5.75 Å². The molecule has 0 atom stereocenters. The highest BCUT2D eigenvalue weighted by atomic mass is 35.5. The first-order chi connectivity index (χ1) is 6.13. The second-order valence-corrected chi connectivity index (χ2v) is 2.76. The summed E-state index contributed by atoms with van der Waals surface area (Å²) in [4.78, 5) is 3.84. The van der Waals surface area contributed by atoms with E-state index < -0.39 is 0 Å². The van der Waals surface area contributed by atoms with Gasteiger partial charge < -0.3 is 16.2 Å². The van der Waals surface area contributed by atoms with Crippen molar-refractivity contribution in [2.75, 3.05) is 7.11 Å².